The predicted octanol–water partition coefficient (Wildman–Crippen LogP) is 2.30. The van der Waals surface area contributed by atoms with Crippen LogP contribution in [0.2, 0.25) is 0 Å². The number of sulfone groups is 1. The summed E-state index contributed by atoms with van der Waals surface area (Å²) in [6, 6.07) is 6.67. The van der Waals surface area contributed by atoms with Crippen LogP contribution < -0.4 is 5.32 Å². The normalized spacial score (nSPS) is 16.3. The van der Waals surface area contributed by atoms with Crippen LogP contribution in [0.4, 0.5) is 4.79 Å². The number of rotatable bonds is 5. The Kier molecular flexibility index (Phi) is 6.44. The van der Waals surface area contributed by atoms with Gasteiger partial charge in [0.15, 0.2) is 14.5 Å². The van der Waals surface area contributed by atoms with E-state index in [9.17, 15) is 18.3 Å². The first-order valence-electron chi connectivity index (χ1n) is 7.06. The number of ether oxygens (including phenoxy) is 1. The smallest absolute Gasteiger partial charge is 0.407 e. The van der Waals surface area contributed by atoms with Crippen LogP contribution in [0.1, 0.15) is 27.7 Å². The molecule has 0 aliphatic carbocycles. The Morgan fingerprint density at radius 3 is 2.26 bits per heavy atom. The van der Waals surface area contributed by atoms with Crippen molar-refractivity contribution < 1.29 is 23.1 Å². The molecular weight excluding hydrogens is 342 g/mol. The van der Waals surface area contributed by atoms with E-state index in [1.807, 2.05) is 0 Å². The first-order chi connectivity index (χ1) is 10.4. The quantitative estimate of drug-likeness (QED) is 0.783. The molecule has 0 aliphatic rings. The van der Waals surface area contributed by atoms with E-state index in [4.69, 9.17) is 16.3 Å². The van der Waals surface area contributed by atoms with Gasteiger partial charge in [-0.15, -0.1) is 11.6 Å². The second kappa shape index (κ2) is 7.51. The van der Waals surface area contributed by atoms with Crippen LogP contribution in [0.25, 0.3) is 0 Å². The third-order valence-electron chi connectivity index (χ3n) is 2.89. The van der Waals surface area contributed by atoms with Crippen molar-refractivity contribution in [1.29, 1.82) is 0 Å². The molecule has 0 aliphatic heterocycles. The minimum absolute atomic E-state index is 0.00326. The van der Waals surface area contributed by atoms with Gasteiger partial charge in [-0.25, -0.2) is 13.2 Å². The number of carbonyl (C=O) groups excluding carboxylic acids is 1. The zero-order valence-corrected chi connectivity index (χ0v) is 15.1. The van der Waals surface area contributed by atoms with E-state index in [0.29, 0.717) is 0 Å². The summed E-state index contributed by atoms with van der Waals surface area (Å²) in [5, 5.41) is 12.5. The first-order valence-corrected chi connectivity index (χ1v) is 9.04. The molecule has 0 saturated heterocycles. The second-order valence-corrected chi connectivity index (χ2v) is 8.93. The maximum atomic E-state index is 12.4. The maximum Gasteiger partial charge on any atom is 0.407 e. The Morgan fingerprint density at radius 1 is 1.26 bits per heavy atom. The lowest BCUT2D eigenvalue weighted by atomic mass is 10.2. The van der Waals surface area contributed by atoms with Gasteiger partial charge >= 0.3 is 6.09 Å². The fourth-order valence-electron chi connectivity index (χ4n) is 1.73. The maximum absolute atomic E-state index is 12.4. The van der Waals surface area contributed by atoms with Crippen LogP contribution in [0.3, 0.4) is 0 Å². The SMILES string of the molecule is C[C@H](NC(=O)OC(C)(C)C)[C@@H](O)[C@H](Cl)S(=O)(=O)c1ccccc1. The van der Waals surface area contributed by atoms with Gasteiger partial charge in [0.05, 0.1) is 10.9 Å². The van der Waals surface area contributed by atoms with Gasteiger partial charge < -0.3 is 15.2 Å². The molecule has 130 valence electrons. The lowest BCUT2D eigenvalue weighted by Crippen LogP contribution is -2.48. The number of hydrogen-bond donors (Lipinski definition) is 2. The Labute approximate surface area is 141 Å². The van der Waals surface area contributed by atoms with Gasteiger partial charge in [0.25, 0.3) is 0 Å². The lowest BCUT2D eigenvalue weighted by Gasteiger charge is -2.26. The number of benzene rings is 1. The van der Waals surface area contributed by atoms with Crippen molar-refractivity contribution in [3.05, 3.63) is 30.3 Å². The van der Waals surface area contributed by atoms with E-state index in [-0.39, 0.29) is 4.90 Å². The largest absolute Gasteiger partial charge is 0.444 e. The molecule has 0 radical (unpaired) electrons. The molecule has 0 heterocycles. The number of aliphatic hydroxyl groups excluding tert-OH is 1. The van der Waals surface area contributed by atoms with Crippen LogP contribution >= 0.6 is 11.6 Å². The van der Waals surface area contributed by atoms with Gasteiger partial charge in [0.2, 0.25) is 0 Å². The summed E-state index contributed by atoms with van der Waals surface area (Å²) in [4.78, 5) is 11.7. The molecule has 1 aromatic carbocycles. The fraction of sp³-hybridized carbons (Fsp3) is 0.533. The molecule has 0 saturated carbocycles. The average molecular weight is 364 g/mol. The van der Waals surface area contributed by atoms with Crippen LogP contribution in [0.5, 0.6) is 0 Å². The number of alkyl carbamates (subject to hydrolysis) is 1. The van der Waals surface area contributed by atoms with E-state index in [2.05, 4.69) is 5.32 Å². The zero-order chi connectivity index (χ0) is 17.8. The number of halogens is 1. The van der Waals surface area contributed by atoms with Gasteiger partial charge in [0.1, 0.15) is 11.7 Å². The van der Waals surface area contributed by atoms with Crippen molar-refractivity contribution in [1.82, 2.24) is 5.32 Å². The number of amides is 1. The molecule has 2 N–H and O–H groups in total. The second-order valence-electron chi connectivity index (χ2n) is 6.13. The van der Waals surface area contributed by atoms with Crippen LogP contribution in [0.15, 0.2) is 35.2 Å². The number of alkyl halides is 1. The van der Waals surface area contributed by atoms with Crippen molar-refractivity contribution in [2.45, 2.75) is 55.0 Å². The van der Waals surface area contributed by atoms with E-state index in [0.717, 1.165) is 0 Å². The van der Waals surface area contributed by atoms with Crippen molar-refractivity contribution in [3.8, 4) is 0 Å². The molecule has 23 heavy (non-hydrogen) atoms. The molecule has 0 unspecified atom stereocenters. The topological polar surface area (TPSA) is 92.7 Å². The van der Waals surface area contributed by atoms with Gasteiger partial charge in [0, 0.05) is 0 Å². The monoisotopic (exact) mass is 363 g/mol. The van der Waals surface area contributed by atoms with Gasteiger partial charge in [-0.2, -0.15) is 0 Å². The highest BCUT2D eigenvalue weighted by Crippen LogP contribution is 2.23. The summed E-state index contributed by atoms with van der Waals surface area (Å²) in [5.41, 5.74) is -0.703. The molecular formula is C15H22ClNO5S. The van der Waals surface area contributed by atoms with Crippen molar-refractivity contribution in [3.63, 3.8) is 0 Å². The molecule has 0 spiro atoms. The van der Waals surface area contributed by atoms with E-state index in [1.165, 1.54) is 19.1 Å². The van der Waals surface area contributed by atoms with Crippen LogP contribution in [0, 0.1) is 0 Å². The molecule has 1 aromatic rings. The Hall–Kier alpha value is -1.31. The lowest BCUT2D eigenvalue weighted by molar-refractivity contribution is 0.0445. The highest BCUT2D eigenvalue weighted by atomic mass is 35.5. The summed E-state index contributed by atoms with van der Waals surface area (Å²) < 4.78 is 28.2. The molecule has 0 fully saturated rings. The summed E-state index contributed by atoms with van der Waals surface area (Å²) in [7, 11) is -3.93. The zero-order valence-electron chi connectivity index (χ0n) is 13.5. The standard InChI is InChI=1S/C15H22ClNO5S/c1-10(17-14(19)22-15(2,3)4)12(18)13(16)23(20,21)11-8-6-5-7-9-11/h5-10,12-13,18H,1-4H3,(H,17,19)/t10-,12+,13+/m0/s1. The van der Waals surface area contributed by atoms with Crippen molar-refractivity contribution in [2.75, 3.05) is 0 Å². The van der Waals surface area contributed by atoms with Crippen LogP contribution in [-0.4, -0.2) is 42.1 Å². The molecule has 1 rings (SSSR count). The minimum atomic E-state index is -3.93. The summed E-state index contributed by atoms with van der Waals surface area (Å²) in [5.74, 6) is 0. The summed E-state index contributed by atoms with van der Waals surface area (Å²) in [6.07, 6.45) is -2.26. The third kappa shape index (κ3) is 5.67. The molecule has 6 nitrogen and oxygen atoms in total. The Morgan fingerprint density at radius 2 is 1.78 bits per heavy atom. The molecule has 0 aromatic heterocycles. The number of aliphatic hydroxyl groups is 1. The third-order valence-corrected chi connectivity index (χ3v) is 5.66. The minimum Gasteiger partial charge on any atom is -0.444 e. The van der Waals surface area contributed by atoms with Gasteiger partial charge in [-0.1, -0.05) is 18.2 Å². The summed E-state index contributed by atoms with van der Waals surface area (Å²) in [6.45, 7) is 6.53. The highest BCUT2D eigenvalue weighted by molar-refractivity contribution is 7.93. The van der Waals surface area contributed by atoms with E-state index < -0.39 is 38.4 Å². The van der Waals surface area contributed by atoms with Crippen molar-refractivity contribution >= 4 is 27.5 Å². The molecule has 3 atom stereocenters. The number of hydrogen-bond acceptors (Lipinski definition) is 5. The summed E-state index contributed by atoms with van der Waals surface area (Å²) >= 11 is 5.94. The predicted molar refractivity (Wildman–Crippen MR) is 88.1 cm³/mol. The number of nitrogens with one attached hydrogen (secondary N) is 1. The number of carbonyl (C=O) groups is 1. The van der Waals surface area contributed by atoms with E-state index >= 15 is 0 Å². The van der Waals surface area contributed by atoms with Gasteiger partial charge in [-0.3, -0.25) is 0 Å². The van der Waals surface area contributed by atoms with E-state index in [1.54, 1.807) is 39.0 Å². The molecule has 1 amide bonds. The fourth-order valence-corrected chi connectivity index (χ4v) is 3.66. The van der Waals surface area contributed by atoms with Crippen LogP contribution in [-0.2, 0) is 14.6 Å². The molecule has 0 bridgehead atoms. The van der Waals surface area contributed by atoms with Crippen molar-refractivity contribution in [2.24, 2.45) is 0 Å². The first kappa shape index (κ1) is 19.7. The van der Waals surface area contributed by atoms with Gasteiger partial charge in [-0.05, 0) is 39.8 Å². The Bertz CT molecular complexity index is 627. The highest BCUT2D eigenvalue weighted by Gasteiger charge is 2.36. The molecule has 8 heteroatoms. The average Bonchev–Trinajstić information content (AvgIpc) is 2.44. The Balaban J connectivity index is 2.80.